The van der Waals surface area contributed by atoms with Crippen molar-refractivity contribution in [1.29, 1.82) is 0 Å². The van der Waals surface area contributed by atoms with Crippen LogP contribution < -0.4 is 10.5 Å². The molecule has 30 heavy (non-hydrogen) atoms. The van der Waals surface area contributed by atoms with Crippen LogP contribution in [0.15, 0.2) is 27.7 Å². The summed E-state index contributed by atoms with van der Waals surface area (Å²) < 4.78 is 31.0. The topological polar surface area (TPSA) is 101 Å². The summed E-state index contributed by atoms with van der Waals surface area (Å²) >= 11 is 0. The summed E-state index contributed by atoms with van der Waals surface area (Å²) in [6.45, 7) is 0.470. The number of nitrogens with two attached hydrogens (primary N) is 1. The molecule has 9 heteroatoms. The normalized spacial score (nSPS) is 16.8. The molecule has 0 aliphatic heterocycles. The van der Waals surface area contributed by atoms with Crippen LogP contribution in [0, 0.1) is 5.82 Å². The van der Waals surface area contributed by atoms with Crippen LogP contribution in [-0.2, 0) is 42.1 Å². The Labute approximate surface area is 176 Å². The number of halogens is 1. The summed E-state index contributed by atoms with van der Waals surface area (Å²) in [6, 6.07) is 2.63. The van der Waals surface area contributed by atoms with Crippen LogP contribution >= 0.6 is 0 Å². The number of hydrogen-bond acceptors (Lipinski definition) is 4. The molecule has 1 aromatic carbocycles. The highest BCUT2D eigenvalue weighted by Crippen LogP contribution is 2.38. The summed E-state index contributed by atoms with van der Waals surface area (Å²) in [7, 11) is -0.137. The van der Waals surface area contributed by atoms with Crippen molar-refractivity contribution in [2.75, 3.05) is 19.4 Å². The Morgan fingerprint density at radius 3 is 2.40 bits per heavy atom. The third-order valence-corrected chi connectivity index (χ3v) is 6.85. The van der Waals surface area contributed by atoms with Crippen LogP contribution in [-0.4, -0.2) is 34.2 Å². The van der Waals surface area contributed by atoms with E-state index < -0.39 is 26.8 Å². The van der Waals surface area contributed by atoms with Crippen molar-refractivity contribution >= 4 is 21.6 Å². The number of urea groups is 1. The maximum atomic E-state index is 14.5. The molecule has 0 saturated carbocycles. The van der Waals surface area contributed by atoms with E-state index in [0.717, 1.165) is 55.3 Å². The van der Waals surface area contributed by atoms with Gasteiger partial charge < -0.3 is 10.2 Å². The highest BCUT2D eigenvalue weighted by atomic mass is 32.2. The number of aromatic nitrogens is 1. The molecule has 0 spiro atoms. The van der Waals surface area contributed by atoms with E-state index in [-0.39, 0.29) is 0 Å². The lowest BCUT2D eigenvalue weighted by Crippen LogP contribution is -2.21. The first-order chi connectivity index (χ1) is 14.2. The van der Waals surface area contributed by atoms with Gasteiger partial charge in [0.2, 0.25) is 0 Å². The molecule has 1 aromatic heterocycles. The molecule has 0 fully saturated rings. The number of rotatable bonds is 4. The molecular weight excluding hydrogens is 405 g/mol. The first-order valence-corrected chi connectivity index (χ1v) is 11.6. The molecule has 3 N–H and O–H groups in total. The molecule has 2 aromatic rings. The summed E-state index contributed by atoms with van der Waals surface area (Å²) in [6.07, 6.45) is 7.24. The average molecular weight is 432 g/mol. The average Bonchev–Trinajstić information content (AvgIpc) is 3.29. The molecule has 0 unspecified atom stereocenters. The van der Waals surface area contributed by atoms with Crippen molar-refractivity contribution in [2.45, 2.75) is 50.1 Å². The van der Waals surface area contributed by atoms with Gasteiger partial charge in [0.05, 0.1) is 0 Å². The van der Waals surface area contributed by atoms with Gasteiger partial charge in [-0.3, -0.25) is 0 Å². The molecule has 2 aliphatic carbocycles. The second-order valence-electron chi connectivity index (χ2n) is 8.19. The predicted octanol–water partition coefficient (Wildman–Crippen LogP) is 3.19. The van der Waals surface area contributed by atoms with Crippen molar-refractivity contribution < 1.29 is 13.4 Å². The van der Waals surface area contributed by atoms with E-state index in [9.17, 15) is 13.4 Å². The van der Waals surface area contributed by atoms with E-state index in [1.54, 1.807) is 0 Å². The van der Waals surface area contributed by atoms with Gasteiger partial charge in [-0.1, -0.05) is 6.07 Å². The molecule has 0 radical (unpaired) electrons. The number of nitrogens with one attached hydrogen (secondary N) is 1. The number of nitrogens with zero attached hydrogens (tertiary/aromatic N) is 3. The standard InChI is InChI=1S/C21H26FN5O2S/c1-27(2)12-13-9-18(22)20(24-11-13)30(23,29)26-21(28)25-19-16-7-3-5-14(16)10-15-6-4-8-17(15)19/h9-11H,3-8,12H2,1-2H3,(H3,23,25,26,28,29)/t30-/m1/s1. The van der Waals surface area contributed by atoms with Gasteiger partial charge in [0.25, 0.3) is 0 Å². The number of benzene rings is 1. The van der Waals surface area contributed by atoms with E-state index >= 15 is 0 Å². The third-order valence-electron chi connectivity index (χ3n) is 5.56. The summed E-state index contributed by atoms with van der Waals surface area (Å²) in [5, 5.41) is 8.05. The fraction of sp³-hybridized carbons (Fsp3) is 0.429. The van der Waals surface area contributed by atoms with Crippen LogP contribution in [0.25, 0.3) is 0 Å². The van der Waals surface area contributed by atoms with Crippen LogP contribution in [0.4, 0.5) is 14.9 Å². The van der Waals surface area contributed by atoms with Gasteiger partial charge in [0, 0.05) is 18.4 Å². The number of amides is 2. The zero-order chi connectivity index (χ0) is 21.5. The molecule has 1 heterocycles. The van der Waals surface area contributed by atoms with E-state index in [1.807, 2.05) is 19.0 Å². The second-order valence-corrected chi connectivity index (χ2v) is 9.90. The lowest BCUT2D eigenvalue weighted by Gasteiger charge is -2.15. The van der Waals surface area contributed by atoms with Crippen LogP contribution in [0.1, 0.15) is 40.7 Å². The zero-order valence-corrected chi connectivity index (χ0v) is 18.0. The zero-order valence-electron chi connectivity index (χ0n) is 17.2. The van der Waals surface area contributed by atoms with E-state index in [4.69, 9.17) is 5.14 Å². The van der Waals surface area contributed by atoms with E-state index in [0.29, 0.717) is 12.1 Å². The van der Waals surface area contributed by atoms with E-state index in [2.05, 4.69) is 20.7 Å². The largest absolute Gasteiger partial charge is 0.354 e. The minimum absolute atomic E-state index is 0.470. The van der Waals surface area contributed by atoms with Crippen LogP contribution in [0.3, 0.4) is 0 Å². The number of carbonyl (C=O) groups excluding carboxylic acids is 1. The highest BCUT2D eigenvalue weighted by molar-refractivity contribution is 7.91. The van der Waals surface area contributed by atoms with Gasteiger partial charge >= 0.3 is 6.03 Å². The lowest BCUT2D eigenvalue weighted by atomic mass is 9.99. The lowest BCUT2D eigenvalue weighted by molar-refractivity contribution is 0.260. The highest BCUT2D eigenvalue weighted by Gasteiger charge is 2.25. The smallest absolute Gasteiger partial charge is 0.305 e. The van der Waals surface area contributed by atoms with Gasteiger partial charge in [-0.25, -0.2) is 23.5 Å². The Kier molecular flexibility index (Phi) is 5.61. The van der Waals surface area contributed by atoms with Crippen molar-refractivity contribution in [3.63, 3.8) is 0 Å². The van der Waals surface area contributed by atoms with Crippen molar-refractivity contribution in [3.05, 3.63) is 52.0 Å². The minimum atomic E-state index is -3.82. The Morgan fingerprint density at radius 1 is 1.20 bits per heavy atom. The molecule has 4 rings (SSSR count). The molecular formula is C21H26FN5O2S. The summed E-state index contributed by atoms with van der Waals surface area (Å²) in [5.74, 6) is -0.833. The van der Waals surface area contributed by atoms with Gasteiger partial charge in [-0.15, -0.1) is 4.36 Å². The minimum Gasteiger partial charge on any atom is -0.305 e. The molecule has 0 saturated heterocycles. The van der Waals surface area contributed by atoms with Crippen molar-refractivity contribution in [2.24, 2.45) is 9.50 Å². The molecule has 160 valence electrons. The first kappa shape index (κ1) is 20.9. The molecule has 1 atom stereocenters. The molecule has 0 bridgehead atoms. The summed E-state index contributed by atoms with van der Waals surface area (Å²) in [4.78, 5) is 18.4. The predicted molar refractivity (Wildman–Crippen MR) is 114 cm³/mol. The van der Waals surface area contributed by atoms with Gasteiger partial charge in [-0.2, -0.15) is 0 Å². The fourth-order valence-corrected chi connectivity index (χ4v) is 5.32. The van der Waals surface area contributed by atoms with Gasteiger partial charge in [0.1, 0.15) is 0 Å². The number of anilines is 1. The van der Waals surface area contributed by atoms with Crippen LogP contribution in [0.2, 0.25) is 0 Å². The first-order valence-electron chi connectivity index (χ1n) is 10.1. The Morgan fingerprint density at radius 2 is 1.83 bits per heavy atom. The SMILES string of the molecule is CN(C)Cc1cnc([S@](N)(=O)=NC(=O)Nc2c3c(cc4c2CCC4)CCC3)c(F)c1. The monoisotopic (exact) mass is 431 g/mol. The maximum absolute atomic E-state index is 14.5. The Hall–Kier alpha value is -2.36. The van der Waals surface area contributed by atoms with Gasteiger partial charge in [0.15, 0.2) is 20.8 Å². The Balaban J connectivity index is 1.63. The van der Waals surface area contributed by atoms with Gasteiger partial charge in [-0.05, 0) is 86.5 Å². The number of hydrogen-bond donors (Lipinski definition) is 2. The van der Waals surface area contributed by atoms with Crippen molar-refractivity contribution in [1.82, 2.24) is 9.88 Å². The van der Waals surface area contributed by atoms with Crippen LogP contribution in [0.5, 0.6) is 0 Å². The number of fused-ring (bicyclic) bond motifs is 2. The summed E-state index contributed by atoms with van der Waals surface area (Å²) in [5.41, 5.74) is 6.14. The van der Waals surface area contributed by atoms with E-state index in [1.165, 1.54) is 23.4 Å². The molecule has 2 aliphatic rings. The number of aryl methyl sites for hydroxylation is 2. The van der Waals surface area contributed by atoms with Crippen molar-refractivity contribution in [3.8, 4) is 0 Å². The number of carbonyl (C=O) groups is 1. The Bertz CT molecular complexity index is 1110. The maximum Gasteiger partial charge on any atom is 0.354 e. The fourth-order valence-electron chi connectivity index (χ4n) is 4.40. The quantitative estimate of drug-likeness (QED) is 0.776. The second kappa shape index (κ2) is 8.05. The molecule has 7 nitrogen and oxygen atoms in total. The molecule has 2 amide bonds. The number of pyridine rings is 1. The third kappa shape index (κ3) is 4.10.